The van der Waals surface area contributed by atoms with Gasteiger partial charge < -0.3 is 10.6 Å². The van der Waals surface area contributed by atoms with Gasteiger partial charge in [0.15, 0.2) is 0 Å². The number of nitrogens with zero attached hydrogens (tertiary/aromatic N) is 2. The van der Waals surface area contributed by atoms with Crippen LogP contribution in [-0.2, 0) is 6.54 Å². The first-order valence-corrected chi connectivity index (χ1v) is 7.10. The number of pyridine rings is 1. The van der Waals surface area contributed by atoms with Gasteiger partial charge in [0, 0.05) is 24.5 Å². The van der Waals surface area contributed by atoms with Crippen molar-refractivity contribution in [3.63, 3.8) is 0 Å². The molecule has 2 N–H and O–H groups in total. The molecule has 2 rings (SSSR count). The Morgan fingerprint density at radius 3 is 2.60 bits per heavy atom. The van der Waals surface area contributed by atoms with Crippen LogP contribution < -0.4 is 10.6 Å². The lowest BCUT2D eigenvalue weighted by Crippen LogP contribution is -2.21. The van der Waals surface area contributed by atoms with Crippen molar-refractivity contribution in [2.24, 2.45) is 5.73 Å². The third kappa shape index (κ3) is 3.36. The maximum Gasteiger partial charge on any atom is 0.0600 e. The highest BCUT2D eigenvalue weighted by Gasteiger charge is 2.12. The molecule has 0 radical (unpaired) electrons. The molecule has 1 aromatic heterocycles. The fourth-order valence-electron chi connectivity index (χ4n) is 2.38. The van der Waals surface area contributed by atoms with Crippen molar-refractivity contribution < 1.29 is 0 Å². The predicted molar refractivity (Wildman–Crippen MR) is 84.7 cm³/mol. The van der Waals surface area contributed by atoms with Gasteiger partial charge in [-0.1, -0.05) is 31.2 Å². The number of nitrogens with two attached hydrogens (primary N) is 1. The van der Waals surface area contributed by atoms with E-state index in [9.17, 15) is 0 Å². The van der Waals surface area contributed by atoms with Crippen molar-refractivity contribution in [2.75, 3.05) is 11.9 Å². The van der Waals surface area contributed by atoms with Gasteiger partial charge in [0.1, 0.15) is 0 Å². The van der Waals surface area contributed by atoms with E-state index in [0.717, 1.165) is 24.4 Å². The smallest absolute Gasteiger partial charge is 0.0600 e. The van der Waals surface area contributed by atoms with Crippen LogP contribution in [0.5, 0.6) is 0 Å². The summed E-state index contributed by atoms with van der Waals surface area (Å²) in [6, 6.07) is 14.6. The van der Waals surface area contributed by atoms with Gasteiger partial charge in [-0.2, -0.15) is 0 Å². The Balaban J connectivity index is 2.23. The van der Waals surface area contributed by atoms with Gasteiger partial charge in [-0.25, -0.2) is 0 Å². The lowest BCUT2D eigenvalue weighted by Gasteiger charge is -2.24. The van der Waals surface area contributed by atoms with E-state index >= 15 is 0 Å². The van der Waals surface area contributed by atoms with Gasteiger partial charge in [-0.05, 0) is 37.1 Å². The second-order valence-electron chi connectivity index (χ2n) is 5.20. The second-order valence-corrected chi connectivity index (χ2v) is 5.20. The quantitative estimate of drug-likeness (QED) is 0.904. The SMILES string of the molecule is CC[C@H](N)c1ccccc1N(C)Cc1cccc(C)n1. The van der Waals surface area contributed by atoms with Gasteiger partial charge in [0.2, 0.25) is 0 Å². The highest BCUT2D eigenvalue weighted by molar-refractivity contribution is 5.54. The molecule has 0 bridgehead atoms. The molecule has 0 aliphatic rings. The zero-order chi connectivity index (χ0) is 14.5. The first-order valence-electron chi connectivity index (χ1n) is 7.10. The summed E-state index contributed by atoms with van der Waals surface area (Å²) in [6.07, 6.45) is 0.938. The Morgan fingerprint density at radius 2 is 1.90 bits per heavy atom. The van der Waals surface area contributed by atoms with E-state index in [0.29, 0.717) is 0 Å². The van der Waals surface area contributed by atoms with Gasteiger partial charge in [0.25, 0.3) is 0 Å². The number of rotatable bonds is 5. The zero-order valence-corrected chi connectivity index (χ0v) is 12.5. The van der Waals surface area contributed by atoms with Crippen LogP contribution in [-0.4, -0.2) is 12.0 Å². The van der Waals surface area contributed by atoms with Gasteiger partial charge in [-0.15, -0.1) is 0 Å². The number of para-hydroxylation sites is 1. The molecule has 0 aliphatic carbocycles. The van der Waals surface area contributed by atoms with Crippen LogP contribution in [0.25, 0.3) is 0 Å². The number of hydrogen-bond acceptors (Lipinski definition) is 3. The predicted octanol–water partition coefficient (Wildman–Crippen LogP) is 3.44. The molecule has 1 aromatic carbocycles. The topological polar surface area (TPSA) is 42.1 Å². The van der Waals surface area contributed by atoms with E-state index in [1.807, 2.05) is 19.1 Å². The van der Waals surface area contributed by atoms with E-state index in [1.54, 1.807) is 0 Å². The molecule has 0 fully saturated rings. The molecule has 1 heterocycles. The second kappa shape index (κ2) is 6.53. The number of hydrogen-bond donors (Lipinski definition) is 1. The van der Waals surface area contributed by atoms with Gasteiger partial charge >= 0.3 is 0 Å². The molecule has 0 saturated heterocycles. The minimum absolute atomic E-state index is 0.0825. The van der Waals surface area contributed by atoms with Crippen LogP contribution >= 0.6 is 0 Å². The fourth-order valence-corrected chi connectivity index (χ4v) is 2.38. The molecule has 106 valence electrons. The maximum atomic E-state index is 6.21. The first kappa shape index (κ1) is 14.5. The minimum Gasteiger partial charge on any atom is -0.368 e. The summed E-state index contributed by atoms with van der Waals surface area (Å²) in [5, 5.41) is 0. The summed E-state index contributed by atoms with van der Waals surface area (Å²) in [7, 11) is 2.09. The summed E-state index contributed by atoms with van der Waals surface area (Å²) in [5.74, 6) is 0. The summed E-state index contributed by atoms with van der Waals surface area (Å²) < 4.78 is 0. The number of benzene rings is 1. The molecule has 0 unspecified atom stereocenters. The molecule has 1 atom stereocenters. The summed E-state index contributed by atoms with van der Waals surface area (Å²) in [5.41, 5.74) is 10.7. The van der Waals surface area contributed by atoms with Crippen LogP contribution in [0.2, 0.25) is 0 Å². The molecular formula is C17H23N3. The van der Waals surface area contributed by atoms with Gasteiger partial charge in [-0.3, -0.25) is 4.98 Å². The first-order chi connectivity index (χ1) is 9.61. The lowest BCUT2D eigenvalue weighted by atomic mass is 10.0. The van der Waals surface area contributed by atoms with Crippen molar-refractivity contribution in [3.05, 3.63) is 59.4 Å². The Bertz CT molecular complexity index is 566. The van der Waals surface area contributed by atoms with Crippen LogP contribution in [0.4, 0.5) is 5.69 Å². The standard InChI is InChI=1S/C17H23N3/c1-4-16(18)15-10-5-6-11-17(15)20(3)12-14-9-7-8-13(2)19-14/h5-11,16H,4,12,18H2,1-3H3/t16-/m0/s1. The number of anilines is 1. The highest BCUT2D eigenvalue weighted by atomic mass is 15.1. The van der Waals surface area contributed by atoms with E-state index in [4.69, 9.17) is 5.73 Å². The van der Waals surface area contributed by atoms with Crippen LogP contribution in [0.3, 0.4) is 0 Å². The molecule has 2 aromatic rings. The van der Waals surface area contributed by atoms with Crippen molar-refractivity contribution in [1.29, 1.82) is 0 Å². The van der Waals surface area contributed by atoms with E-state index in [1.165, 1.54) is 11.3 Å². The van der Waals surface area contributed by atoms with Crippen molar-refractivity contribution in [2.45, 2.75) is 32.9 Å². The molecule has 3 nitrogen and oxygen atoms in total. The Morgan fingerprint density at radius 1 is 1.15 bits per heavy atom. The fraction of sp³-hybridized carbons (Fsp3) is 0.353. The van der Waals surface area contributed by atoms with Crippen LogP contribution in [0.15, 0.2) is 42.5 Å². The lowest BCUT2D eigenvalue weighted by molar-refractivity contribution is 0.693. The average molecular weight is 269 g/mol. The largest absolute Gasteiger partial charge is 0.368 e. The van der Waals surface area contributed by atoms with Crippen molar-refractivity contribution in [3.8, 4) is 0 Å². The van der Waals surface area contributed by atoms with E-state index in [-0.39, 0.29) is 6.04 Å². The average Bonchev–Trinajstić information content (AvgIpc) is 2.46. The zero-order valence-electron chi connectivity index (χ0n) is 12.5. The molecule has 3 heteroatoms. The van der Waals surface area contributed by atoms with Crippen molar-refractivity contribution >= 4 is 5.69 Å². The summed E-state index contributed by atoms with van der Waals surface area (Å²) in [4.78, 5) is 6.78. The summed E-state index contributed by atoms with van der Waals surface area (Å²) in [6.45, 7) is 4.92. The third-order valence-electron chi connectivity index (χ3n) is 3.53. The Hall–Kier alpha value is -1.87. The molecular weight excluding hydrogens is 246 g/mol. The van der Waals surface area contributed by atoms with Gasteiger partial charge in [0.05, 0.1) is 12.2 Å². The van der Waals surface area contributed by atoms with Crippen molar-refractivity contribution in [1.82, 2.24) is 4.98 Å². The Kier molecular flexibility index (Phi) is 4.74. The normalized spacial score (nSPS) is 12.2. The molecule has 0 spiro atoms. The Labute approximate surface area is 121 Å². The van der Waals surface area contributed by atoms with Crippen LogP contribution in [0.1, 0.15) is 36.3 Å². The minimum atomic E-state index is 0.0825. The third-order valence-corrected chi connectivity index (χ3v) is 3.53. The molecule has 0 aliphatic heterocycles. The number of aryl methyl sites for hydroxylation is 1. The van der Waals surface area contributed by atoms with Crippen LogP contribution in [0, 0.1) is 6.92 Å². The van der Waals surface area contributed by atoms with E-state index < -0.39 is 0 Å². The maximum absolute atomic E-state index is 6.21. The van der Waals surface area contributed by atoms with E-state index in [2.05, 4.69) is 54.2 Å². The highest BCUT2D eigenvalue weighted by Crippen LogP contribution is 2.26. The monoisotopic (exact) mass is 269 g/mol. The molecule has 20 heavy (non-hydrogen) atoms. The molecule has 0 saturated carbocycles. The summed E-state index contributed by atoms with van der Waals surface area (Å²) >= 11 is 0. The molecule has 0 amide bonds. The number of aromatic nitrogens is 1.